The Bertz CT molecular complexity index is 1350. The van der Waals surface area contributed by atoms with E-state index in [2.05, 4.69) is 15.6 Å². The molecule has 3 aliphatic rings. The Morgan fingerprint density at radius 1 is 1.13 bits per heavy atom. The maximum atomic E-state index is 14.3. The van der Waals surface area contributed by atoms with E-state index in [1.54, 1.807) is 39.0 Å². The van der Waals surface area contributed by atoms with Crippen LogP contribution in [0.25, 0.3) is 0 Å². The third kappa shape index (κ3) is 4.23. The Morgan fingerprint density at radius 2 is 1.87 bits per heavy atom. The fourth-order valence-electron chi connectivity index (χ4n) is 5.06. The van der Waals surface area contributed by atoms with Gasteiger partial charge in [0.25, 0.3) is 11.9 Å². The SMILES string of the molecule is CC(C)(C)OC(=O)NC1=NC2(CO1)c1cc(NC(=O)c3ncc(Cl)cc3F)ccc1OC(C)(C)C21COC1. The van der Waals surface area contributed by atoms with Gasteiger partial charge in [0.05, 0.1) is 23.7 Å². The number of amides is 2. The monoisotopic (exact) mass is 546 g/mol. The van der Waals surface area contributed by atoms with Gasteiger partial charge in [-0.25, -0.2) is 24.5 Å². The lowest BCUT2D eigenvalue weighted by Crippen LogP contribution is -2.71. The minimum absolute atomic E-state index is 0.0102. The number of amidine groups is 1. The largest absolute Gasteiger partial charge is 0.487 e. The number of aliphatic imine (C=N–C) groups is 1. The molecule has 5 rings (SSSR count). The molecule has 1 aromatic heterocycles. The lowest BCUT2D eigenvalue weighted by molar-refractivity contribution is -0.247. The van der Waals surface area contributed by atoms with Crippen molar-refractivity contribution in [3.05, 3.63) is 52.6 Å². The van der Waals surface area contributed by atoms with Crippen LogP contribution in [-0.4, -0.2) is 54.0 Å². The van der Waals surface area contributed by atoms with Crippen molar-refractivity contribution in [2.45, 2.75) is 51.4 Å². The van der Waals surface area contributed by atoms with E-state index in [1.165, 1.54) is 6.20 Å². The molecule has 4 heterocycles. The molecule has 0 aliphatic carbocycles. The molecule has 1 saturated heterocycles. The van der Waals surface area contributed by atoms with Crippen molar-refractivity contribution in [3.63, 3.8) is 0 Å². The van der Waals surface area contributed by atoms with Gasteiger partial charge in [-0.05, 0) is 58.9 Å². The molecule has 1 fully saturated rings. The second kappa shape index (κ2) is 8.81. The molecule has 1 unspecified atom stereocenters. The first-order chi connectivity index (χ1) is 17.8. The molecule has 2 N–H and O–H groups in total. The van der Waals surface area contributed by atoms with Crippen LogP contribution in [0.2, 0.25) is 5.02 Å². The summed E-state index contributed by atoms with van der Waals surface area (Å²) >= 11 is 5.76. The zero-order valence-corrected chi connectivity index (χ0v) is 22.4. The number of carbonyl (C=O) groups excluding carboxylic acids is 2. The topological polar surface area (TPSA) is 120 Å². The quantitative estimate of drug-likeness (QED) is 0.572. The van der Waals surface area contributed by atoms with E-state index in [0.717, 1.165) is 6.07 Å². The number of nitrogens with zero attached hydrogens (tertiary/aromatic N) is 2. The van der Waals surface area contributed by atoms with Gasteiger partial charge in [0.15, 0.2) is 11.5 Å². The van der Waals surface area contributed by atoms with E-state index >= 15 is 0 Å². The van der Waals surface area contributed by atoms with Crippen molar-refractivity contribution in [3.8, 4) is 5.75 Å². The zero-order chi connectivity index (χ0) is 27.5. The Labute approximate surface area is 223 Å². The van der Waals surface area contributed by atoms with Crippen LogP contribution in [0.1, 0.15) is 50.7 Å². The van der Waals surface area contributed by atoms with Gasteiger partial charge in [-0.3, -0.25) is 4.79 Å². The number of halogens is 2. The molecule has 1 atom stereocenters. The molecule has 202 valence electrons. The number of fused-ring (bicyclic) bond motifs is 3. The third-order valence-corrected chi connectivity index (χ3v) is 7.24. The van der Waals surface area contributed by atoms with Crippen molar-refractivity contribution in [1.29, 1.82) is 0 Å². The summed E-state index contributed by atoms with van der Waals surface area (Å²) < 4.78 is 37.6. The standard InChI is InChI=1S/C26H28ClFN4O6/c1-23(2,3)38-22(34)31-21-32-26(13-36-21)16-9-15(30-20(33)19-17(28)8-14(27)10-29-19)6-7-18(16)37-24(4,5)25(26)11-35-12-25/h6-10H,11-13H2,1-5H3,(H,30,33)(H,31,32,34). The van der Waals surface area contributed by atoms with E-state index < -0.39 is 45.7 Å². The van der Waals surface area contributed by atoms with Gasteiger partial charge in [-0.15, -0.1) is 0 Å². The van der Waals surface area contributed by atoms with Crippen LogP contribution >= 0.6 is 11.6 Å². The van der Waals surface area contributed by atoms with Crippen molar-refractivity contribution in [2.75, 3.05) is 25.1 Å². The number of aromatic nitrogens is 1. The van der Waals surface area contributed by atoms with Crippen LogP contribution in [0, 0.1) is 11.2 Å². The smallest absolute Gasteiger partial charge is 0.415 e. The molecular formula is C26H28ClFN4O6. The highest BCUT2D eigenvalue weighted by Crippen LogP contribution is 2.62. The third-order valence-electron chi connectivity index (χ3n) is 7.03. The highest BCUT2D eigenvalue weighted by molar-refractivity contribution is 6.30. The predicted molar refractivity (Wildman–Crippen MR) is 136 cm³/mol. The summed E-state index contributed by atoms with van der Waals surface area (Å²) in [6, 6.07) is 6.09. The van der Waals surface area contributed by atoms with Gasteiger partial charge in [0.1, 0.15) is 29.1 Å². The van der Waals surface area contributed by atoms with Gasteiger partial charge < -0.3 is 24.3 Å². The molecule has 2 aromatic rings. The normalized spacial score (nSPS) is 22.4. The van der Waals surface area contributed by atoms with E-state index in [4.69, 9.17) is 35.5 Å². The zero-order valence-electron chi connectivity index (χ0n) is 21.6. The van der Waals surface area contributed by atoms with E-state index in [9.17, 15) is 14.0 Å². The first-order valence-electron chi connectivity index (χ1n) is 12.0. The first-order valence-corrected chi connectivity index (χ1v) is 12.4. The fourth-order valence-corrected chi connectivity index (χ4v) is 5.21. The molecule has 0 radical (unpaired) electrons. The fraction of sp³-hybridized carbons (Fsp3) is 0.462. The Morgan fingerprint density at radius 3 is 2.50 bits per heavy atom. The van der Waals surface area contributed by atoms with Crippen molar-refractivity contribution in [1.82, 2.24) is 10.3 Å². The van der Waals surface area contributed by atoms with Gasteiger partial charge >= 0.3 is 6.09 Å². The summed E-state index contributed by atoms with van der Waals surface area (Å²) in [5.41, 5.74) is -2.48. The molecule has 38 heavy (non-hydrogen) atoms. The molecule has 0 saturated carbocycles. The molecule has 10 nitrogen and oxygen atoms in total. The second-order valence-electron chi connectivity index (χ2n) is 11.0. The highest BCUT2D eigenvalue weighted by Gasteiger charge is 2.71. The lowest BCUT2D eigenvalue weighted by Gasteiger charge is -2.61. The minimum Gasteiger partial charge on any atom is -0.487 e. The molecule has 3 aliphatic heterocycles. The van der Waals surface area contributed by atoms with Gasteiger partial charge in [0.2, 0.25) is 0 Å². The number of anilines is 1. The lowest BCUT2D eigenvalue weighted by atomic mass is 9.55. The van der Waals surface area contributed by atoms with Crippen LogP contribution in [0.3, 0.4) is 0 Å². The van der Waals surface area contributed by atoms with Gasteiger partial charge in [-0.2, -0.15) is 0 Å². The predicted octanol–water partition coefficient (Wildman–Crippen LogP) is 4.42. The van der Waals surface area contributed by atoms with E-state index in [0.29, 0.717) is 30.2 Å². The minimum atomic E-state index is -1.02. The summed E-state index contributed by atoms with van der Waals surface area (Å²) in [7, 11) is 0. The van der Waals surface area contributed by atoms with Crippen molar-refractivity contribution >= 4 is 35.3 Å². The van der Waals surface area contributed by atoms with Crippen molar-refractivity contribution < 1.29 is 32.9 Å². The summed E-state index contributed by atoms with van der Waals surface area (Å²) in [6.07, 6.45) is 0.499. The number of nitrogens with one attached hydrogen (secondary N) is 2. The average molecular weight is 547 g/mol. The number of carbonyl (C=O) groups is 2. The number of pyridine rings is 1. The Kier molecular flexibility index (Phi) is 6.07. The van der Waals surface area contributed by atoms with E-state index in [1.807, 2.05) is 13.8 Å². The van der Waals surface area contributed by atoms with Crippen LogP contribution in [0.4, 0.5) is 14.9 Å². The van der Waals surface area contributed by atoms with Crippen LogP contribution in [0.5, 0.6) is 5.75 Å². The molecule has 2 amide bonds. The first kappa shape index (κ1) is 26.2. The number of hydrogen-bond acceptors (Lipinski definition) is 8. The average Bonchev–Trinajstić information content (AvgIpc) is 3.15. The molecular weight excluding hydrogens is 519 g/mol. The number of ether oxygens (including phenoxy) is 4. The highest BCUT2D eigenvalue weighted by atomic mass is 35.5. The van der Waals surface area contributed by atoms with E-state index in [-0.39, 0.29) is 17.7 Å². The Balaban J connectivity index is 1.53. The number of hydrogen-bond donors (Lipinski definition) is 2. The Hall–Kier alpha value is -3.44. The maximum absolute atomic E-state index is 14.3. The van der Waals surface area contributed by atoms with Crippen LogP contribution in [0.15, 0.2) is 35.5 Å². The molecule has 2 spiro atoms. The van der Waals surface area contributed by atoms with Gasteiger partial charge in [-0.1, -0.05) is 11.6 Å². The summed E-state index contributed by atoms with van der Waals surface area (Å²) in [6.45, 7) is 9.94. The second-order valence-corrected chi connectivity index (χ2v) is 11.5. The number of rotatable bonds is 2. The molecule has 12 heteroatoms. The maximum Gasteiger partial charge on any atom is 0.415 e. The summed E-state index contributed by atoms with van der Waals surface area (Å²) in [4.78, 5) is 33.9. The van der Waals surface area contributed by atoms with Crippen molar-refractivity contribution in [2.24, 2.45) is 10.4 Å². The van der Waals surface area contributed by atoms with Gasteiger partial charge in [0, 0.05) is 17.4 Å². The summed E-state index contributed by atoms with van der Waals surface area (Å²) in [5.74, 6) is -1.05. The van der Waals surface area contributed by atoms with Crippen LogP contribution in [-0.2, 0) is 19.7 Å². The molecule has 1 aromatic carbocycles. The molecule has 0 bridgehead atoms. The summed E-state index contributed by atoms with van der Waals surface area (Å²) in [5, 5.41) is 5.34. The number of benzene rings is 1. The van der Waals surface area contributed by atoms with Crippen LogP contribution < -0.4 is 15.4 Å². The number of alkyl carbamates (subject to hydrolysis) is 1.